The van der Waals surface area contributed by atoms with Crippen LogP contribution < -0.4 is 69.3 Å². The summed E-state index contributed by atoms with van der Waals surface area (Å²) in [4.78, 5) is 30.1. The van der Waals surface area contributed by atoms with Crippen LogP contribution in [0.15, 0.2) is 46.7 Å². The number of pyridine rings is 2. The Morgan fingerprint density at radius 2 is 1.18 bits per heavy atom. The number of nitrogens with zero attached hydrogens (tertiary/aromatic N) is 2. The van der Waals surface area contributed by atoms with Crippen molar-refractivity contribution in [3.63, 3.8) is 0 Å². The number of carboxylic acid groups (broad SMARTS) is 2. The van der Waals surface area contributed by atoms with Crippen molar-refractivity contribution >= 4 is 33.5 Å². The van der Waals surface area contributed by atoms with Gasteiger partial charge in [-0.05, 0) is 12.1 Å². The molecule has 2 rings (SSSR count). The largest absolute Gasteiger partial charge is 1.00 e. The molecule has 0 aliphatic carbocycles. The van der Waals surface area contributed by atoms with Crippen LogP contribution in [-0.4, -0.2) is 21.9 Å². The molecule has 0 spiro atoms. The van der Waals surface area contributed by atoms with Gasteiger partial charge in [-0.3, -0.25) is 9.97 Å². The Balaban J connectivity index is 0.00000220. The minimum Gasteiger partial charge on any atom is -0.545 e. The van der Waals surface area contributed by atoms with Crippen molar-refractivity contribution in [1.29, 1.82) is 0 Å². The van der Waals surface area contributed by atoms with Crippen LogP contribution in [0.5, 0.6) is 0 Å². The molecule has 0 aliphatic rings. The molecule has 6 nitrogen and oxygen atoms in total. The van der Waals surface area contributed by atoms with Crippen molar-refractivity contribution in [2.75, 3.05) is 0 Å². The Morgan fingerprint density at radius 1 is 0.818 bits per heavy atom. The molecule has 0 atom stereocenters. The third kappa shape index (κ3) is 5.86. The summed E-state index contributed by atoms with van der Waals surface area (Å²) in [6.45, 7) is 0. The number of rotatable bonds is 5. The van der Waals surface area contributed by atoms with Gasteiger partial charge in [-0.1, -0.05) is 21.6 Å². The molecule has 0 aliphatic heterocycles. The SMILES string of the molecule is O=C([O-])c1cnccc1SSc1ccncc1C(=O)[O-].[Na+].[Na+]. The van der Waals surface area contributed by atoms with Gasteiger partial charge in [0.05, 0.1) is 11.9 Å². The van der Waals surface area contributed by atoms with Crippen molar-refractivity contribution < 1.29 is 78.9 Å². The summed E-state index contributed by atoms with van der Waals surface area (Å²) in [5.74, 6) is -2.67. The van der Waals surface area contributed by atoms with Crippen molar-refractivity contribution in [2.24, 2.45) is 0 Å². The van der Waals surface area contributed by atoms with Crippen LogP contribution in [0.1, 0.15) is 20.7 Å². The van der Waals surface area contributed by atoms with E-state index in [4.69, 9.17) is 0 Å². The van der Waals surface area contributed by atoms with E-state index in [0.717, 1.165) is 21.6 Å². The van der Waals surface area contributed by atoms with E-state index in [-0.39, 0.29) is 70.2 Å². The van der Waals surface area contributed by atoms with Crippen molar-refractivity contribution in [1.82, 2.24) is 9.97 Å². The van der Waals surface area contributed by atoms with E-state index in [1.54, 1.807) is 0 Å². The van der Waals surface area contributed by atoms with Crippen molar-refractivity contribution in [2.45, 2.75) is 9.79 Å². The molecule has 0 N–H and O–H groups in total. The Bertz CT molecular complexity index is 616. The van der Waals surface area contributed by atoms with Crippen LogP contribution in [0.3, 0.4) is 0 Å². The van der Waals surface area contributed by atoms with E-state index in [1.807, 2.05) is 0 Å². The molecule has 0 unspecified atom stereocenters. The van der Waals surface area contributed by atoms with Gasteiger partial charge in [0.15, 0.2) is 0 Å². The molecule has 102 valence electrons. The third-order valence-electron chi connectivity index (χ3n) is 2.22. The summed E-state index contributed by atoms with van der Waals surface area (Å²) in [5.41, 5.74) is -0.0943. The van der Waals surface area contributed by atoms with E-state index in [2.05, 4.69) is 9.97 Å². The smallest absolute Gasteiger partial charge is 0.545 e. The quantitative estimate of drug-likeness (QED) is 0.387. The summed E-state index contributed by atoms with van der Waals surface area (Å²) in [7, 11) is 2.19. The minimum absolute atomic E-state index is 0. The zero-order chi connectivity index (χ0) is 14.5. The zero-order valence-corrected chi connectivity index (χ0v) is 17.4. The second kappa shape index (κ2) is 10.7. The van der Waals surface area contributed by atoms with Crippen molar-refractivity contribution in [3.8, 4) is 0 Å². The van der Waals surface area contributed by atoms with Crippen LogP contribution in [-0.2, 0) is 0 Å². The molecular formula is C12H6N2Na2O4S2. The summed E-state index contributed by atoms with van der Waals surface area (Å²) in [5, 5.41) is 21.8. The molecule has 2 aromatic heterocycles. The maximum absolute atomic E-state index is 10.9. The van der Waals surface area contributed by atoms with Gasteiger partial charge in [0.25, 0.3) is 0 Å². The third-order valence-corrected chi connectivity index (χ3v) is 4.70. The van der Waals surface area contributed by atoms with Crippen LogP contribution in [0.25, 0.3) is 0 Å². The minimum atomic E-state index is -1.34. The van der Waals surface area contributed by atoms with Crippen LogP contribution >= 0.6 is 21.6 Å². The zero-order valence-electron chi connectivity index (χ0n) is 11.8. The maximum Gasteiger partial charge on any atom is 1.00 e. The summed E-state index contributed by atoms with van der Waals surface area (Å²) < 4.78 is 0. The number of carbonyl (C=O) groups excluding carboxylic acids is 2. The van der Waals surface area contributed by atoms with Gasteiger partial charge in [0.2, 0.25) is 0 Å². The molecule has 0 amide bonds. The van der Waals surface area contributed by atoms with E-state index < -0.39 is 11.9 Å². The van der Waals surface area contributed by atoms with Gasteiger partial charge in [0.1, 0.15) is 0 Å². The fraction of sp³-hybridized carbons (Fsp3) is 0. The maximum atomic E-state index is 10.9. The average Bonchev–Trinajstić information content (AvgIpc) is 2.45. The van der Waals surface area contributed by atoms with Gasteiger partial charge < -0.3 is 19.8 Å². The van der Waals surface area contributed by atoms with E-state index in [9.17, 15) is 19.8 Å². The monoisotopic (exact) mass is 352 g/mol. The van der Waals surface area contributed by atoms with Gasteiger partial charge in [-0.25, -0.2) is 0 Å². The topological polar surface area (TPSA) is 106 Å². The first-order valence-corrected chi connectivity index (χ1v) is 7.40. The predicted molar refractivity (Wildman–Crippen MR) is 68.8 cm³/mol. The summed E-state index contributed by atoms with van der Waals surface area (Å²) in [6.07, 6.45) is 5.26. The second-order valence-corrected chi connectivity index (χ2v) is 5.70. The molecule has 2 heterocycles. The number of carboxylic acids is 2. The standard InChI is InChI=1S/C12H8N2O4S2.2Na/c15-11(16)7-5-13-3-1-9(7)19-20-10-2-4-14-6-8(10)12(17)18;;/h1-6H,(H,15,16)(H,17,18);;/q;2*+1/p-2. The van der Waals surface area contributed by atoms with Crippen LogP contribution in [0.2, 0.25) is 0 Å². The number of aromatic nitrogens is 2. The van der Waals surface area contributed by atoms with Crippen LogP contribution in [0, 0.1) is 0 Å². The molecule has 0 bridgehead atoms. The van der Waals surface area contributed by atoms with E-state index in [1.165, 1.54) is 36.9 Å². The van der Waals surface area contributed by atoms with Crippen LogP contribution in [0.4, 0.5) is 0 Å². The average molecular weight is 352 g/mol. The Morgan fingerprint density at radius 3 is 1.50 bits per heavy atom. The van der Waals surface area contributed by atoms with Gasteiger partial charge in [-0.2, -0.15) is 0 Å². The van der Waals surface area contributed by atoms with E-state index in [0.29, 0.717) is 9.79 Å². The first kappa shape index (κ1) is 21.9. The molecule has 0 aromatic carbocycles. The van der Waals surface area contributed by atoms with Gasteiger partial charge in [-0.15, -0.1) is 0 Å². The van der Waals surface area contributed by atoms with Crippen molar-refractivity contribution in [3.05, 3.63) is 48.0 Å². The Labute approximate surface area is 178 Å². The first-order chi connectivity index (χ1) is 9.59. The Kier molecular flexibility index (Phi) is 10.6. The fourth-order valence-electron chi connectivity index (χ4n) is 1.31. The molecule has 0 saturated carbocycles. The number of hydrogen-bond acceptors (Lipinski definition) is 8. The number of carbonyl (C=O) groups is 2. The molecule has 0 saturated heterocycles. The first-order valence-electron chi connectivity index (χ1n) is 5.25. The second-order valence-electron chi connectivity index (χ2n) is 3.49. The fourth-order valence-corrected chi connectivity index (χ4v) is 3.58. The normalized spacial score (nSPS) is 9.27. The van der Waals surface area contributed by atoms with Gasteiger partial charge in [0, 0.05) is 45.7 Å². The molecule has 0 radical (unpaired) electrons. The molecule has 10 heteroatoms. The van der Waals surface area contributed by atoms with Gasteiger partial charge >= 0.3 is 59.1 Å². The molecule has 22 heavy (non-hydrogen) atoms. The molecule has 0 fully saturated rings. The number of hydrogen-bond donors (Lipinski definition) is 0. The Hall–Kier alpha value is -0.0600. The predicted octanol–water partition coefficient (Wildman–Crippen LogP) is -5.99. The summed E-state index contributed by atoms with van der Waals surface area (Å²) >= 11 is 0. The van der Waals surface area contributed by atoms with E-state index >= 15 is 0 Å². The molecule has 2 aromatic rings. The number of aromatic carboxylic acids is 2. The summed E-state index contributed by atoms with van der Waals surface area (Å²) in [6, 6.07) is 3.03. The molecular weight excluding hydrogens is 346 g/mol.